The lowest BCUT2D eigenvalue weighted by molar-refractivity contribution is -0.117. The highest BCUT2D eigenvalue weighted by atomic mass is 16.5. The van der Waals surface area contributed by atoms with E-state index in [1.807, 2.05) is 48.5 Å². The lowest BCUT2D eigenvalue weighted by atomic mass is 10.1. The Morgan fingerprint density at radius 2 is 2.04 bits per heavy atom. The van der Waals surface area contributed by atoms with E-state index in [0.717, 1.165) is 24.2 Å². The summed E-state index contributed by atoms with van der Waals surface area (Å²) in [5.74, 6) is 0.709. The maximum atomic E-state index is 12.3. The van der Waals surface area contributed by atoms with Gasteiger partial charge < -0.3 is 15.0 Å². The van der Waals surface area contributed by atoms with Gasteiger partial charge in [-0.05, 0) is 30.7 Å². The Bertz CT molecular complexity index is 758. The van der Waals surface area contributed by atoms with E-state index in [0.29, 0.717) is 17.9 Å². The molecule has 1 N–H and O–H groups in total. The highest BCUT2D eigenvalue weighted by Gasteiger charge is 2.21. The van der Waals surface area contributed by atoms with Gasteiger partial charge in [0.25, 0.3) is 0 Å². The van der Waals surface area contributed by atoms with Gasteiger partial charge in [-0.25, -0.2) is 0 Å². The van der Waals surface area contributed by atoms with E-state index in [-0.39, 0.29) is 18.2 Å². The van der Waals surface area contributed by atoms with E-state index in [4.69, 9.17) is 4.74 Å². The van der Waals surface area contributed by atoms with Gasteiger partial charge in [0.2, 0.25) is 11.8 Å². The minimum absolute atomic E-state index is 0.121. The number of nitrogens with one attached hydrogen (secondary N) is 1. The normalized spacial score (nSPS) is 13.9. The van der Waals surface area contributed by atoms with Crippen LogP contribution in [0.3, 0.4) is 0 Å². The third-order valence-corrected chi connectivity index (χ3v) is 4.06. The first kappa shape index (κ1) is 16.1. The number of para-hydroxylation sites is 1. The number of methoxy groups -OCH3 is 1. The Balaban J connectivity index is 1.69. The Hall–Kier alpha value is -2.82. The molecule has 1 fully saturated rings. The molecule has 2 aromatic carbocycles. The number of nitrogens with zero attached hydrogens (tertiary/aromatic N) is 1. The number of carbonyl (C=O) groups is 2. The van der Waals surface area contributed by atoms with E-state index in [1.165, 1.54) is 0 Å². The van der Waals surface area contributed by atoms with Gasteiger partial charge in [-0.1, -0.05) is 24.3 Å². The Labute approximate surface area is 141 Å². The number of hydrogen-bond donors (Lipinski definition) is 1. The summed E-state index contributed by atoms with van der Waals surface area (Å²) in [5, 5.41) is 2.89. The van der Waals surface area contributed by atoms with Crippen LogP contribution < -0.4 is 15.0 Å². The molecule has 124 valence electrons. The van der Waals surface area contributed by atoms with Crippen molar-refractivity contribution in [2.24, 2.45) is 0 Å². The van der Waals surface area contributed by atoms with Crippen molar-refractivity contribution in [3.05, 3.63) is 54.1 Å². The van der Waals surface area contributed by atoms with Crippen LogP contribution >= 0.6 is 0 Å². The second-order valence-electron chi connectivity index (χ2n) is 5.74. The molecule has 2 amide bonds. The zero-order valence-electron chi connectivity index (χ0n) is 13.6. The second-order valence-corrected chi connectivity index (χ2v) is 5.74. The third kappa shape index (κ3) is 3.56. The van der Waals surface area contributed by atoms with Crippen LogP contribution in [0.25, 0.3) is 0 Å². The molecule has 2 aromatic rings. The van der Waals surface area contributed by atoms with Gasteiger partial charge in [-0.15, -0.1) is 0 Å². The summed E-state index contributed by atoms with van der Waals surface area (Å²) in [5.41, 5.74) is 2.35. The number of rotatable bonds is 5. The first-order chi connectivity index (χ1) is 11.7. The molecule has 5 heteroatoms. The molecule has 0 aliphatic carbocycles. The van der Waals surface area contributed by atoms with Gasteiger partial charge in [-0.3, -0.25) is 9.59 Å². The van der Waals surface area contributed by atoms with Crippen LogP contribution in [0.2, 0.25) is 0 Å². The molecule has 0 aromatic heterocycles. The molecule has 1 saturated heterocycles. The molecular weight excluding hydrogens is 304 g/mol. The molecular formula is C19H20N2O3. The van der Waals surface area contributed by atoms with Crippen LogP contribution in [0.5, 0.6) is 5.75 Å². The van der Waals surface area contributed by atoms with Crippen molar-refractivity contribution in [1.82, 2.24) is 0 Å². The van der Waals surface area contributed by atoms with E-state index in [9.17, 15) is 9.59 Å². The minimum Gasteiger partial charge on any atom is -0.496 e. The average molecular weight is 324 g/mol. The summed E-state index contributed by atoms with van der Waals surface area (Å²) in [6.45, 7) is 0.734. The number of ether oxygens (including phenoxy) is 1. The lowest BCUT2D eigenvalue weighted by Crippen LogP contribution is -2.23. The zero-order valence-corrected chi connectivity index (χ0v) is 13.6. The first-order valence-electron chi connectivity index (χ1n) is 7.99. The molecule has 0 bridgehead atoms. The lowest BCUT2D eigenvalue weighted by Gasteiger charge is -2.17. The molecule has 3 rings (SSSR count). The fraction of sp³-hybridized carbons (Fsp3) is 0.263. The Morgan fingerprint density at radius 1 is 1.21 bits per heavy atom. The van der Waals surface area contributed by atoms with Crippen LogP contribution in [0, 0.1) is 0 Å². The molecule has 0 radical (unpaired) electrons. The quantitative estimate of drug-likeness (QED) is 0.920. The van der Waals surface area contributed by atoms with E-state index in [1.54, 1.807) is 12.0 Å². The maximum Gasteiger partial charge on any atom is 0.228 e. The fourth-order valence-corrected chi connectivity index (χ4v) is 2.90. The Morgan fingerprint density at radius 3 is 2.79 bits per heavy atom. The van der Waals surface area contributed by atoms with Gasteiger partial charge in [0, 0.05) is 29.9 Å². The highest BCUT2D eigenvalue weighted by molar-refractivity contribution is 5.97. The summed E-state index contributed by atoms with van der Waals surface area (Å²) < 4.78 is 5.27. The third-order valence-electron chi connectivity index (χ3n) is 4.06. The second kappa shape index (κ2) is 7.17. The summed E-state index contributed by atoms with van der Waals surface area (Å²) in [6.07, 6.45) is 1.70. The van der Waals surface area contributed by atoms with Gasteiger partial charge in [0.15, 0.2) is 0 Å². The highest BCUT2D eigenvalue weighted by Crippen LogP contribution is 2.24. The van der Waals surface area contributed by atoms with E-state index >= 15 is 0 Å². The predicted octanol–water partition coefficient (Wildman–Crippen LogP) is 3.00. The molecule has 0 unspecified atom stereocenters. The largest absolute Gasteiger partial charge is 0.496 e. The van der Waals surface area contributed by atoms with Crippen molar-refractivity contribution in [2.45, 2.75) is 19.3 Å². The van der Waals surface area contributed by atoms with Gasteiger partial charge >= 0.3 is 0 Å². The topological polar surface area (TPSA) is 58.6 Å². The molecule has 24 heavy (non-hydrogen) atoms. The van der Waals surface area contributed by atoms with Crippen LogP contribution in [-0.4, -0.2) is 25.5 Å². The van der Waals surface area contributed by atoms with Crippen molar-refractivity contribution in [3.63, 3.8) is 0 Å². The molecule has 0 saturated carbocycles. The van der Waals surface area contributed by atoms with Gasteiger partial charge in [0.05, 0.1) is 13.5 Å². The standard InChI is InChI=1S/C19H20N2O3/c1-24-17-9-3-2-6-14(17)12-18(22)20-15-7-4-8-16(13-15)21-11-5-10-19(21)23/h2-4,6-9,13H,5,10-12H2,1H3,(H,20,22). The van der Waals surface area contributed by atoms with Gasteiger partial charge in [0.1, 0.15) is 5.75 Å². The van der Waals surface area contributed by atoms with Crippen LogP contribution in [-0.2, 0) is 16.0 Å². The number of carbonyl (C=O) groups excluding carboxylic acids is 2. The molecule has 0 spiro atoms. The summed E-state index contributed by atoms with van der Waals surface area (Å²) in [7, 11) is 1.59. The summed E-state index contributed by atoms with van der Waals surface area (Å²) in [4.78, 5) is 25.9. The number of amides is 2. The van der Waals surface area contributed by atoms with Gasteiger partial charge in [-0.2, -0.15) is 0 Å². The average Bonchev–Trinajstić information content (AvgIpc) is 3.01. The van der Waals surface area contributed by atoms with E-state index in [2.05, 4.69) is 5.32 Å². The monoisotopic (exact) mass is 324 g/mol. The number of hydrogen-bond acceptors (Lipinski definition) is 3. The van der Waals surface area contributed by atoms with Crippen molar-refractivity contribution < 1.29 is 14.3 Å². The fourth-order valence-electron chi connectivity index (χ4n) is 2.90. The maximum absolute atomic E-state index is 12.3. The molecule has 1 aliphatic rings. The predicted molar refractivity (Wildman–Crippen MR) is 93.4 cm³/mol. The number of anilines is 2. The van der Waals surface area contributed by atoms with Crippen LogP contribution in [0.15, 0.2) is 48.5 Å². The van der Waals surface area contributed by atoms with Crippen LogP contribution in [0.1, 0.15) is 18.4 Å². The van der Waals surface area contributed by atoms with Crippen molar-refractivity contribution in [2.75, 3.05) is 23.9 Å². The summed E-state index contributed by atoms with van der Waals surface area (Å²) >= 11 is 0. The first-order valence-corrected chi connectivity index (χ1v) is 7.99. The minimum atomic E-state index is -0.121. The molecule has 0 atom stereocenters. The molecule has 1 heterocycles. The van der Waals surface area contributed by atoms with Crippen molar-refractivity contribution in [1.29, 1.82) is 0 Å². The molecule has 5 nitrogen and oxygen atoms in total. The Kier molecular flexibility index (Phi) is 4.79. The smallest absolute Gasteiger partial charge is 0.228 e. The summed E-state index contributed by atoms with van der Waals surface area (Å²) in [6, 6.07) is 14.9. The zero-order chi connectivity index (χ0) is 16.9. The van der Waals surface area contributed by atoms with Crippen molar-refractivity contribution in [3.8, 4) is 5.75 Å². The van der Waals surface area contributed by atoms with Crippen molar-refractivity contribution >= 4 is 23.2 Å². The van der Waals surface area contributed by atoms with E-state index < -0.39 is 0 Å². The molecule has 1 aliphatic heterocycles. The number of benzene rings is 2. The van der Waals surface area contributed by atoms with Crippen LogP contribution in [0.4, 0.5) is 11.4 Å². The SMILES string of the molecule is COc1ccccc1CC(=O)Nc1cccc(N2CCCC2=O)c1.